The summed E-state index contributed by atoms with van der Waals surface area (Å²) < 4.78 is 0. The Bertz CT molecular complexity index is 397. The van der Waals surface area contributed by atoms with Crippen molar-refractivity contribution >= 4 is 0 Å². The van der Waals surface area contributed by atoms with E-state index >= 15 is 0 Å². The fourth-order valence-corrected chi connectivity index (χ4v) is 3.67. The molecule has 0 aliphatic carbocycles. The van der Waals surface area contributed by atoms with Gasteiger partial charge in [-0.15, -0.1) is 0 Å². The van der Waals surface area contributed by atoms with Gasteiger partial charge >= 0.3 is 0 Å². The first-order valence-electron chi connectivity index (χ1n) is 6.62. The van der Waals surface area contributed by atoms with E-state index < -0.39 is 0 Å². The number of rotatable bonds is 3. The third-order valence-electron chi connectivity index (χ3n) is 4.20. The van der Waals surface area contributed by atoms with Crippen LogP contribution in [0.3, 0.4) is 0 Å². The summed E-state index contributed by atoms with van der Waals surface area (Å²) in [6, 6.07) is 4.18. The summed E-state index contributed by atoms with van der Waals surface area (Å²) in [5, 5.41) is 3.79. The van der Waals surface area contributed by atoms with Crippen molar-refractivity contribution in [2.24, 2.45) is 0 Å². The van der Waals surface area contributed by atoms with Crippen molar-refractivity contribution in [1.82, 2.24) is 25.0 Å². The fourth-order valence-electron chi connectivity index (χ4n) is 3.67. The SMILES string of the molecule is c1cc(CNC23CN4CN(CN(C4)C2)C3)ccn1. The van der Waals surface area contributed by atoms with Crippen LogP contribution in [-0.2, 0) is 6.54 Å². The van der Waals surface area contributed by atoms with Crippen molar-refractivity contribution in [2.45, 2.75) is 12.1 Å². The Morgan fingerprint density at radius 2 is 1.56 bits per heavy atom. The van der Waals surface area contributed by atoms with E-state index in [1.165, 1.54) is 25.2 Å². The van der Waals surface area contributed by atoms with E-state index in [0.717, 1.165) is 26.6 Å². The molecule has 5 heterocycles. The minimum atomic E-state index is 0.262. The Hall–Kier alpha value is -1.01. The van der Waals surface area contributed by atoms with Crippen molar-refractivity contribution in [2.75, 3.05) is 39.6 Å². The molecule has 0 amide bonds. The van der Waals surface area contributed by atoms with E-state index in [0.29, 0.717) is 0 Å². The number of hydrogen-bond donors (Lipinski definition) is 1. The predicted molar refractivity (Wildman–Crippen MR) is 68.5 cm³/mol. The summed E-state index contributed by atoms with van der Waals surface area (Å²) in [6.45, 7) is 7.94. The average Bonchev–Trinajstić information content (AvgIpc) is 2.36. The number of hydrogen-bond acceptors (Lipinski definition) is 5. The highest BCUT2D eigenvalue weighted by atomic mass is 15.6. The molecule has 4 saturated heterocycles. The van der Waals surface area contributed by atoms with Gasteiger partial charge in [0.05, 0.1) is 25.5 Å². The molecule has 0 aromatic carbocycles. The Labute approximate surface area is 107 Å². The number of pyridine rings is 1. The molecule has 4 bridgehead atoms. The van der Waals surface area contributed by atoms with Crippen molar-refractivity contribution in [1.29, 1.82) is 0 Å². The summed E-state index contributed by atoms with van der Waals surface area (Å²) in [4.78, 5) is 11.7. The van der Waals surface area contributed by atoms with Crippen LogP contribution in [0.2, 0.25) is 0 Å². The van der Waals surface area contributed by atoms with Gasteiger partial charge in [-0.05, 0) is 17.7 Å². The zero-order valence-corrected chi connectivity index (χ0v) is 10.5. The molecule has 4 fully saturated rings. The van der Waals surface area contributed by atoms with Crippen molar-refractivity contribution < 1.29 is 0 Å². The van der Waals surface area contributed by atoms with Crippen LogP contribution >= 0.6 is 0 Å². The predicted octanol–water partition coefficient (Wildman–Crippen LogP) is -0.271. The fraction of sp³-hybridized carbons (Fsp3) is 0.615. The third kappa shape index (κ3) is 1.83. The standard InChI is InChI=1S/C13H19N5/c1-3-14-4-2-12(1)5-15-13-6-16-9-17(7-13)11-18(8-13)10-16/h1-4,15H,5-11H2. The highest BCUT2D eigenvalue weighted by Gasteiger charge is 2.48. The maximum Gasteiger partial charge on any atom is 0.0571 e. The van der Waals surface area contributed by atoms with Gasteiger partial charge in [-0.1, -0.05) is 0 Å². The third-order valence-corrected chi connectivity index (χ3v) is 4.20. The molecule has 0 atom stereocenters. The second-order valence-electron chi connectivity index (χ2n) is 5.90. The van der Waals surface area contributed by atoms with Gasteiger partial charge in [0.25, 0.3) is 0 Å². The first-order chi connectivity index (χ1) is 8.81. The van der Waals surface area contributed by atoms with Gasteiger partial charge in [0.15, 0.2) is 0 Å². The average molecular weight is 245 g/mol. The van der Waals surface area contributed by atoms with Gasteiger partial charge in [0, 0.05) is 38.6 Å². The van der Waals surface area contributed by atoms with Crippen molar-refractivity contribution in [3.8, 4) is 0 Å². The molecule has 0 radical (unpaired) electrons. The zero-order valence-electron chi connectivity index (χ0n) is 10.5. The van der Waals surface area contributed by atoms with E-state index in [-0.39, 0.29) is 5.54 Å². The first kappa shape index (κ1) is 10.9. The van der Waals surface area contributed by atoms with Crippen LogP contribution in [0.5, 0.6) is 0 Å². The van der Waals surface area contributed by atoms with Crippen LogP contribution in [0.4, 0.5) is 0 Å². The first-order valence-corrected chi connectivity index (χ1v) is 6.62. The molecular formula is C13H19N5. The minimum Gasteiger partial charge on any atom is -0.304 e. The smallest absolute Gasteiger partial charge is 0.0571 e. The maximum absolute atomic E-state index is 4.07. The largest absolute Gasteiger partial charge is 0.304 e. The summed E-state index contributed by atoms with van der Waals surface area (Å²) in [7, 11) is 0. The molecule has 0 unspecified atom stereocenters. The molecule has 1 aromatic heterocycles. The van der Waals surface area contributed by atoms with Crippen LogP contribution in [0.15, 0.2) is 24.5 Å². The summed E-state index contributed by atoms with van der Waals surface area (Å²) in [6.07, 6.45) is 3.74. The van der Waals surface area contributed by atoms with Crippen LogP contribution < -0.4 is 5.32 Å². The molecule has 0 spiro atoms. The van der Waals surface area contributed by atoms with Crippen LogP contribution in [0.25, 0.3) is 0 Å². The summed E-state index contributed by atoms with van der Waals surface area (Å²) >= 11 is 0. The van der Waals surface area contributed by atoms with E-state index in [9.17, 15) is 0 Å². The monoisotopic (exact) mass is 245 g/mol. The number of aromatic nitrogens is 1. The van der Waals surface area contributed by atoms with Gasteiger partial charge in [0.2, 0.25) is 0 Å². The molecule has 96 valence electrons. The molecule has 5 heteroatoms. The van der Waals surface area contributed by atoms with Gasteiger partial charge in [-0.2, -0.15) is 0 Å². The second kappa shape index (κ2) is 3.99. The molecule has 0 saturated carbocycles. The van der Waals surface area contributed by atoms with Gasteiger partial charge in [-0.3, -0.25) is 19.7 Å². The second-order valence-corrected chi connectivity index (χ2v) is 5.90. The maximum atomic E-state index is 4.07. The molecule has 1 aromatic rings. The van der Waals surface area contributed by atoms with Crippen LogP contribution in [0, 0.1) is 0 Å². The quantitative estimate of drug-likeness (QED) is 0.793. The number of nitrogens with one attached hydrogen (secondary N) is 1. The van der Waals surface area contributed by atoms with E-state index in [1.54, 1.807) is 0 Å². The van der Waals surface area contributed by atoms with Gasteiger partial charge in [-0.25, -0.2) is 0 Å². The van der Waals surface area contributed by atoms with E-state index in [2.05, 4.69) is 37.1 Å². The zero-order chi connectivity index (χ0) is 12.0. The molecule has 4 aliphatic heterocycles. The van der Waals surface area contributed by atoms with Crippen molar-refractivity contribution in [3.05, 3.63) is 30.1 Å². The Balaban J connectivity index is 1.48. The van der Waals surface area contributed by atoms with Gasteiger partial charge < -0.3 is 5.32 Å². The lowest BCUT2D eigenvalue weighted by atomic mass is 9.90. The topological polar surface area (TPSA) is 34.6 Å². The lowest BCUT2D eigenvalue weighted by molar-refractivity contribution is -0.150. The van der Waals surface area contributed by atoms with Crippen molar-refractivity contribution in [3.63, 3.8) is 0 Å². The molecule has 18 heavy (non-hydrogen) atoms. The van der Waals surface area contributed by atoms with E-state index in [1.807, 2.05) is 12.4 Å². The number of nitrogens with zero attached hydrogens (tertiary/aromatic N) is 4. The molecule has 5 rings (SSSR count). The highest BCUT2D eigenvalue weighted by molar-refractivity contribution is 5.12. The lowest BCUT2D eigenvalue weighted by Gasteiger charge is -2.60. The Kier molecular flexibility index (Phi) is 2.41. The Morgan fingerprint density at radius 3 is 2.11 bits per heavy atom. The van der Waals surface area contributed by atoms with Crippen LogP contribution in [-0.4, -0.2) is 64.9 Å². The lowest BCUT2D eigenvalue weighted by Crippen LogP contribution is -2.79. The summed E-state index contributed by atoms with van der Waals surface area (Å²) in [5.74, 6) is 0. The van der Waals surface area contributed by atoms with E-state index in [4.69, 9.17) is 0 Å². The highest BCUT2D eigenvalue weighted by Crippen LogP contribution is 2.28. The normalized spacial score (nSPS) is 41.2. The molecule has 1 N–H and O–H groups in total. The van der Waals surface area contributed by atoms with Crippen LogP contribution in [0.1, 0.15) is 5.56 Å². The van der Waals surface area contributed by atoms with Gasteiger partial charge in [0.1, 0.15) is 0 Å². The molecular weight excluding hydrogens is 226 g/mol. The molecule has 5 nitrogen and oxygen atoms in total. The Morgan fingerprint density at radius 1 is 1.00 bits per heavy atom. The molecule has 4 aliphatic rings. The minimum absolute atomic E-state index is 0.262. The summed E-state index contributed by atoms with van der Waals surface area (Å²) in [5.41, 5.74) is 1.58.